The molecule has 0 amide bonds. The Balaban J connectivity index is 1.25. The Morgan fingerprint density at radius 1 is 1.20 bits per heavy atom. The van der Waals surface area contributed by atoms with Gasteiger partial charge >= 0.3 is 5.97 Å². The number of esters is 1. The number of cyclic esters (lactones) is 1. The monoisotopic (exact) mass is 344 g/mol. The molecule has 2 saturated heterocycles. The molecule has 1 aromatic carbocycles. The molecule has 1 saturated carbocycles. The normalized spacial score (nSPS) is 25.7. The summed E-state index contributed by atoms with van der Waals surface area (Å²) in [5, 5.41) is 0. The first kappa shape index (κ1) is 16.7. The van der Waals surface area contributed by atoms with Gasteiger partial charge in [0.05, 0.1) is 18.2 Å². The molecule has 0 N–H and O–H groups in total. The van der Waals surface area contributed by atoms with Crippen LogP contribution in [0.15, 0.2) is 24.3 Å². The Labute approximate surface area is 149 Å². The largest absolute Gasteiger partial charge is 0.495 e. The van der Waals surface area contributed by atoms with Crippen molar-refractivity contribution in [2.24, 2.45) is 5.41 Å². The fraction of sp³-hybridized carbons (Fsp3) is 0.650. The van der Waals surface area contributed by atoms with Gasteiger partial charge in [-0.1, -0.05) is 18.6 Å². The van der Waals surface area contributed by atoms with Crippen molar-refractivity contribution in [3.05, 3.63) is 24.3 Å². The van der Waals surface area contributed by atoms with E-state index in [4.69, 9.17) is 9.47 Å². The maximum atomic E-state index is 12.0. The van der Waals surface area contributed by atoms with Crippen molar-refractivity contribution < 1.29 is 14.3 Å². The van der Waals surface area contributed by atoms with Crippen molar-refractivity contribution in [2.75, 3.05) is 44.7 Å². The molecule has 5 heteroatoms. The summed E-state index contributed by atoms with van der Waals surface area (Å²) in [6.07, 6.45) is 5.34. The van der Waals surface area contributed by atoms with Crippen LogP contribution in [0.1, 0.15) is 32.1 Å². The number of carbonyl (C=O) groups is 1. The third kappa shape index (κ3) is 3.22. The SMILES string of the molecule is COc1ccccc1N1CCN(CC[C@H]2CC3(CCC3)C(=O)O2)CC1. The van der Waals surface area contributed by atoms with E-state index in [0.717, 1.165) is 64.2 Å². The fourth-order valence-corrected chi connectivity index (χ4v) is 4.44. The number of ether oxygens (including phenoxy) is 2. The first-order chi connectivity index (χ1) is 12.2. The molecule has 1 aliphatic carbocycles. The summed E-state index contributed by atoms with van der Waals surface area (Å²) in [6, 6.07) is 8.22. The van der Waals surface area contributed by atoms with E-state index >= 15 is 0 Å². The molecule has 1 atom stereocenters. The number of methoxy groups -OCH3 is 1. The average molecular weight is 344 g/mol. The summed E-state index contributed by atoms with van der Waals surface area (Å²) in [6.45, 7) is 5.13. The molecule has 136 valence electrons. The predicted molar refractivity (Wildman–Crippen MR) is 97.0 cm³/mol. The highest BCUT2D eigenvalue weighted by Gasteiger charge is 2.52. The molecule has 0 aromatic heterocycles. The first-order valence-corrected chi connectivity index (χ1v) is 9.52. The van der Waals surface area contributed by atoms with E-state index in [-0.39, 0.29) is 17.5 Å². The number of anilines is 1. The Kier molecular flexibility index (Phi) is 4.59. The Morgan fingerprint density at radius 2 is 1.96 bits per heavy atom. The van der Waals surface area contributed by atoms with Crippen LogP contribution in [0.3, 0.4) is 0 Å². The summed E-state index contributed by atoms with van der Waals surface area (Å²) >= 11 is 0. The number of para-hydroxylation sites is 2. The highest BCUT2D eigenvalue weighted by molar-refractivity contribution is 5.80. The summed E-state index contributed by atoms with van der Waals surface area (Å²) in [5.74, 6) is 1.02. The lowest BCUT2D eigenvalue weighted by Crippen LogP contribution is -2.47. The van der Waals surface area contributed by atoms with Gasteiger partial charge in [-0.3, -0.25) is 9.69 Å². The van der Waals surface area contributed by atoms with Crippen LogP contribution in [0.2, 0.25) is 0 Å². The topological polar surface area (TPSA) is 42.0 Å². The fourth-order valence-electron chi connectivity index (χ4n) is 4.44. The van der Waals surface area contributed by atoms with Gasteiger partial charge in [0.1, 0.15) is 11.9 Å². The van der Waals surface area contributed by atoms with Gasteiger partial charge in [0.15, 0.2) is 0 Å². The Hall–Kier alpha value is -1.75. The minimum atomic E-state index is -0.0901. The zero-order valence-electron chi connectivity index (χ0n) is 15.1. The highest BCUT2D eigenvalue weighted by Crippen LogP contribution is 2.50. The molecular formula is C20H28N2O3. The Bertz CT molecular complexity index is 621. The van der Waals surface area contributed by atoms with Gasteiger partial charge in [-0.25, -0.2) is 0 Å². The minimum absolute atomic E-state index is 0.0738. The van der Waals surface area contributed by atoms with Crippen LogP contribution in [-0.4, -0.2) is 56.8 Å². The number of hydrogen-bond acceptors (Lipinski definition) is 5. The van der Waals surface area contributed by atoms with Crippen molar-refractivity contribution in [3.8, 4) is 5.75 Å². The predicted octanol–water partition coefficient (Wildman–Crippen LogP) is 2.69. The standard InChI is InChI=1S/C20H28N2O3/c1-24-18-6-3-2-5-17(18)22-13-11-21(12-14-22)10-7-16-15-20(8-4-9-20)19(23)25-16/h2-3,5-6,16H,4,7-15H2,1H3/t16-/m0/s1. The molecule has 25 heavy (non-hydrogen) atoms. The second-order valence-corrected chi connectivity index (χ2v) is 7.65. The Morgan fingerprint density at radius 3 is 2.60 bits per heavy atom. The minimum Gasteiger partial charge on any atom is -0.495 e. The molecule has 1 aromatic rings. The van der Waals surface area contributed by atoms with Gasteiger partial charge in [-0.15, -0.1) is 0 Å². The van der Waals surface area contributed by atoms with E-state index in [1.165, 1.54) is 12.1 Å². The van der Waals surface area contributed by atoms with Crippen LogP contribution in [0.4, 0.5) is 5.69 Å². The van der Waals surface area contributed by atoms with Gasteiger partial charge in [0, 0.05) is 39.1 Å². The lowest BCUT2D eigenvalue weighted by atomic mass is 9.67. The summed E-state index contributed by atoms with van der Waals surface area (Å²) in [4.78, 5) is 16.9. The molecule has 2 heterocycles. The number of nitrogens with zero attached hydrogens (tertiary/aromatic N) is 2. The van der Waals surface area contributed by atoms with Gasteiger partial charge in [-0.2, -0.15) is 0 Å². The molecule has 0 unspecified atom stereocenters. The third-order valence-electron chi connectivity index (χ3n) is 6.20. The molecule has 5 nitrogen and oxygen atoms in total. The molecule has 3 aliphatic rings. The van der Waals surface area contributed by atoms with E-state index in [0.29, 0.717) is 0 Å². The summed E-state index contributed by atoms with van der Waals surface area (Å²) < 4.78 is 11.1. The lowest BCUT2D eigenvalue weighted by Gasteiger charge is -2.37. The van der Waals surface area contributed by atoms with Crippen LogP contribution in [0, 0.1) is 5.41 Å². The zero-order chi connectivity index (χ0) is 17.3. The van der Waals surface area contributed by atoms with Crippen LogP contribution < -0.4 is 9.64 Å². The number of benzene rings is 1. The van der Waals surface area contributed by atoms with Crippen molar-refractivity contribution in [1.29, 1.82) is 0 Å². The van der Waals surface area contributed by atoms with Gasteiger partial charge in [-0.05, 0) is 31.4 Å². The third-order valence-corrected chi connectivity index (χ3v) is 6.20. The van der Waals surface area contributed by atoms with Crippen molar-refractivity contribution in [3.63, 3.8) is 0 Å². The van der Waals surface area contributed by atoms with Gasteiger partial charge in [0.2, 0.25) is 0 Å². The van der Waals surface area contributed by atoms with Crippen LogP contribution in [-0.2, 0) is 9.53 Å². The quantitative estimate of drug-likeness (QED) is 0.768. The zero-order valence-corrected chi connectivity index (χ0v) is 15.1. The number of rotatable bonds is 5. The molecule has 1 spiro atoms. The maximum Gasteiger partial charge on any atom is 0.312 e. The lowest BCUT2D eigenvalue weighted by molar-refractivity contribution is -0.152. The molecule has 0 radical (unpaired) electrons. The summed E-state index contributed by atoms with van der Waals surface area (Å²) in [7, 11) is 1.73. The number of carbonyl (C=O) groups excluding carboxylic acids is 1. The molecule has 0 bridgehead atoms. The van der Waals surface area contributed by atoms with E-state index in [9.17, 15) is 4.79 Å². The second kappa shape index (κ2) is 6.87. The van der Waals surface area contributed by atoms with E-state index in [1.54, 1.807) is 7.11 Å². The van der Waals surface area contributed by atoms with E-state index < -0.39 is 0 Å². The van der Waals surface area contributed by atoms with E-state index in [1.807, 2.05) is 12.1 Å². The molecular weight excluding hydrogens is 316 g/mol. The number of hydrogen-bond donors (Lipinski definition) is 0. The van der Waals surface area contributed by atoms with Crippen molar-refractivity contribution in [2.45, 2.75) is 38.2 Å². The smallest absolute Gasteiger partial charge is 0.312 e. The van der Waals surface area contributed by atoms with Crippen molar-refractivity contribution in [1.82, 2.24) is 4.90 Å². The second-order valence-electron chi connectivity index (χ2n) is 7.65. The molecule has 4 rings (SSSR count). The summed E-state index contributed by atoms with van der Waals surface area (Å²) in [5.41, 5.74) is 1.09. The van der Waals surface area contributed by atoms with E-state index in [2.05, 4.69) is 21.9 Å². The average Bonchev–Trinajstić information content (AvgIpc) is 2.97. The van der Waals surface area contributed by atoms with Crippen LogP contribution in [0.5, 0.6) is 5.75 Å². The highest BCUT2D eigenvalue weighted by atomic mass is 16.6. The first-order valence-electron chi connectivity index (χ1n) is 9.52. The van der Waals surface area contributed by atoms with Gasteiger partial charge in [0.25, 0.3) is 0 Å². The maximum absolute atomic E-state index is 12.0. The van der Waals surface area contributed by atoms with Crippen LogP contribution in [0.25, 0.3) is 0 Å². The van der Waals surface area contributed by atoms with Crippen molar-refractivity contribution >= 4 is 11.7 Å². The van der Waals surface area contributed by atoms with Crippen LogP contribution >= 0.6 is 0 Å². The van der Waals surface area contributed by atoms with Gasteiger partial charge < -0.3 is 14.4 Å². The molecule has 2 aliphatic heterocycles. The molecule has 3 fully saturated rings. The number of piperazine rings is 1.